The minimum absolute atomic E-state index is 0.142. The molecule has 0 amide bonds. The van der Waals surface area contributed by atoms with Crippen LogP contribution in [0.5, 0.6) is 0 Å². The molecule has 1 aliphatic carbocycles. The summed E-state index contributed by atoms with van der Waals surface area (Å²) in [5.41, 5.74) is 3.56. The van der Waals surface area contributed by atoms with Crippen LogP contribution in [0.1, 0.15) is 37.5 Å². The number of nitro benzene ring substituents is 1. The number of anilines is 1. The lowest BCUT2D eigenvalue weighted by Crippen LogP contribution is -2.46. The first-order valence-electron chi connectivity index (χ1n) is 10.9. The number of hydrogen-bond acceptors (Lipinski definition) is 5. The van der Waals surface area contributed by atoms with Crippen LogP contribution < -0.4 is 4.90 Å². The molecule has 0 spiro atoms. The smallest absolute Gasteiger partial charge is 0.269 e. The van der Waals surface area contributed by atoms with Crippen LogP contribution in [0.25, 0.3) is 11.0 Å². The van der Waals surface area contributed by atoms with Gasteiger partial charge in [-0.3, -0.25) is 15.0 Å². The fourth-order valence-electron chi connectivity index (χ4n) is 4.93. The van der Waals surface area contributed by atoms with Crippen molar-refractivity contribution in [1.29, 1.82) is 0 Å². The second kappa shape index (κ2) is 8.07. The van der Waals surface area contributed by atoms with Crippen LogP contribution in [0.4, 0.5) is 11.4 Å². The maximum atomic E-state index is 10.9. The molecule has 0 bridgehead atoms. The predicted molar refractivity (Wildman–Crippen MR) is 118 cm³/mol. The van der Waals surface area contributed by atoms with Crippen LogP contribution >= 0.6 is 0 Å². The molecule has 0 N–H and O–H groups in total. The van der Waals surface area contributed by atoms with E-state index in [1.165, 1.54) is 37.0 Å². The lowest BCUT2D eigenvalue weighted by molar-refractivity contribution is -0.384. The number of aromatic nitrogens is 2. The molecule has 0 radical (unpaired) electrons. The summed E-state index contributed by atoms with van der Waals surface area (Å²) in [5, 5.41) is 10.9. The van der Waals surface area contributed by atoms with Crippen LogP contribution in [0.3, 0.4) is 0 Å². The van der Waals surface area contributed by atoms with Crippen molar-refractivity contribution in [2.24, 2.45) is 0 Å². The van der Waals surface area contributed by atoms with Gasteiger partial charge in [-0.15, -0.1) is 0 Å². The van der Waals surface area contributed by atoms with Gasteiger partial charge in [0.05, 0.1) is 22.5 Å². The molecule has 2 aromatic carbocycles. The third-order valence-corrected chi connectivity index (χ3v) is 6.52. The number of nitro groups is 1. The Bertz CT molecular complexity index is 1030. The van der Waals surface area contributed by atoms with Gasteiger partial charge in [-0.25, -0.2) is 4.98 Å². The zero-order chi connectivity index (χ0) is 20.5. The number of imidazole rings is 1. The molecule has 7 nitrogen and oxygen atoms in total. The van der Waals surface area contributed by atoms with Crippen molar-refractivity contribution in [1.82, 2.24) is 14.5 Å². The maximum Gasteiger partial charge on any atom is 0.269 e. The number of benzene rings is 2. The number of rotatable bonds is 5. The molecule has 0 unspecified atom stereocenters. The SMILES string of the molecule is O=[N+]([O-])c1ccc(N2CCN(Cc3nc4ccccc4n3C3CCCC3)CC2)cc1. The lowest BCUT2D eigenvalue weighted by atomic mass is 10.2. The molecule has 7 heteroatoms. The van der Waals surface area contributed by atoms with E-state index in [1.807, 2.05) is 12.1 Å². The Hall–Kier alpha value is -2.93. The van der Waals surface area contributed by atoms with E-state index >= 15 is 0 Å². The van der Waals surface area contributed by atoms with Crippen molar-refractivity contribution in [3.63, 3.8) is 0 Å². The second-order valence-electron chi connectivity index (χ2n) is 8.36. The second-order valence-corrected chi connectivity index (χ2v) is 8.36. The van der Waals surface area contributed by atoms with Gasteiger partial charge in [-0.05, 0) is 37.1 Å². The monoisotopic (exact) mass is 405 g/mol. The van der Waals surface area contributed by atoms with E-state index in [0.29, 0.717) is 6.04 Å². The quantitative estimate of drug-likeness (QED) is 0.465. The largest absolute Gasteiger partial charge is 0.369 e. The van der Waals surface area contributed by atoms with Crippen LogP contribution in [-0.4, -0.2) is 45.6 Å². The van der Waals surface area contributed by atoms with Crippen molar-refractivity contribution in [3.05, 3.63) is 64.5 Å². The Morgan fingerprint density at radius 3 is 2.37 bits per heavy atom. The van der Waals surface area contributed by atoms with Crippen molar-refractivity contribution < 1.29 is 4.92 Å². The Morgan fingerprint density at radius 2 is 1.67 bits per heavy atom. The number of nitrogens with zero attached hydrogens (tertiary/aromatic N) is 5. The van der Waals surface area contributed by atoms with Crippen molar-refractivity contribution in [3.8, 4) is 0 Å². The first-order valence-corrected chi connectivity index (χ1v) is 10.9. The summed E-state index contributed by atoms with van der Waals surface area (Å²) in [5.74, 6) is 1.19. The van der Waals surface area contributed by atoms with E-state index in [2.05, 4.69) is 38.6 Å². The predicted octanol–water partition coefficient (Wildman–Crippen LogP) is 4.38. The molecule has 30 heavy (non-hydrogen) atoms. The fourth-order valence-corrected chi connectivity index (χ4v) is 4.93. The number of non-ortho nitro benzene ring substituents is 1. The van der Waals surface area contributed by atoms with Gasteiger partial charge in [-0.2, -0.15) is 0 Å². The van der Waals surface area contributed by atoms with Gasteiger partial charge in [-0.1, -0.05) is 25.0 Å². The zero-order valence-corrected chi connectivity index (χ0v) is 17.1. The number of piperazine rings is 1. The zero-order valence-electron chi connectivity index (χ0n) is 17.1. The standard InChI is InChI=1S/C23H27N5O2/c29-28(30)20-11-9-18(10-12-20)26-15-13-25(14-16-26)17-23-24-21-7-3-4-8-22(21)27(23)19-5-1-2-6-19/h3-4,7-12,19H,1-2,5-6,13-17H2. The van der Waals surface area contributed by atoms with E-state index in [-0.39, 0.29) is 10.6 Å². The van der Waals surface area contributed by atoms with Crippen LogP contribution in [0.2, 0.25) is 0 Å². The van der Waals surface area contributed by atoms with E-state index in [4.69, 9.17) is 4.98 Å². The molecular weight excluding hydrogens is 378 g/mol. The summed E-state index contributed by atoms with van der Waals surface area (Å²) in [7, 11) is 0. The molecule has 1 saturated carbocycles. The van der Waals surface area contributed by atoms with Gasteiger partial charge in [0.1, 0.15) is 5.82 Å². The lowest BCUT2D eigenvalue weighted by Gasteiger charge is -2.36. The van der Waals surface area contributed by atoms with E-state index in [1.54, 1.807) is 12.1 Å². The van der Waals surface area contributed by atoms with Crippen LogP contribution in [-0.2, 0) is 6.54 Å². The molecule has 5 rings (SSSR count). The minimum atomic E-state index is -0.349. The van der Waals surface area contributed by atoms with Gasteiger partial charge in [0.25, 0.3) is 5.69 Å². The first kappa shape index (κ1) is 19.1. The van der Waals surface area contributed by atoms with Gasteiger partial charge in [0.2, 0.25) is 0 Å². The number of fused-ring (bicyclic) bond motifs is 1. The maximum absolute atomic E-state index is 10.9. The van der Waals surface area contributed by atoms with Crippen molar-refractivity contribution in [2.75, 3.05) is 31.1 Å². The Balaban J connectivity index is 1.29. The van der Waals surface area contributed by atoms with Crippen LogP contribution in [0.15, 0.2) is 48.5 Å². The first-order chi connectivity index (χ1) is 14.7. The molecule has 3 aromatic rings. The summed E-state index contributed by atoms with van der Waals surface area (Å²) in [6.45, 7) is 4.64. The highest BCUT2D eigenvalue weighted by atomic mass is 16.6. The Labute approximate surface area is 176 Å². The summed E-state index contributed by atoms with van der Waals surface area (Å²) in [4.78, 5) is 20.3. The van der Waals surface area contributed by atoms with E-state index in [0.717, 1.165) is 43.9 Å². The highest BCUT2D eigenvalue weighted by Crippen LogP contribution is 2.34. The topological polar surface area (TPSA) is 67.4 Å². The molecule has 2 heterocycles. The Morgan fingerprint density at radius 1 is 0.967 bits per heavy atom. The third-order valence-electron chi connectivity index (χ3n) is 6.52. The van der Waals surface area contributed by atoms with Gasteiger partial charge in [0, 0.05) is 50.0 Å². The fraction of sp³-hybridized carbons (Fsp3) is 0.435. The molecule has 1 aliphatic heterocycles. The average molecular weight is 406 g/mol. The van der Waals surface area contributed by atoms with E-state index < -0.39 is 0 Å². The van der Waals surface area contributed by atoms with E-state index in [9.17, 15) is 10.1 Å². The van der Waals surface area contributed by atoms with Gasteiger partial charge < -0.3 is 9.47 Å². The highest BCUT2D eigenvalue weighted by molar-refractivity contribution is 5.76. The minimum Gasteiger partial charge on any atom is -0.369 e. The normalized spacial score (nSPS) is 18.3. The number of hydrogen-bond donors (Lipinski definition) is 0. The summed E-state index contributed by atoms with van der Waals surface area (Å²) >= 11 is 0. The van der Waals surface area contributed by atoms with Crippen molar-refractivity contribution >= 4 is 22.4 Å². The third kappa shape index (κ3) is 3.65. The molecule has 1 saturated heterocycles. The molecule has 156 valence electrons. The number of para-hydroxylation sites is 2. The average Bonchev–Trinajstić information content (AvgIpc) is 3.41. The van der Waals surface area contributed by atoms with Crippen LogP contribution in [0, 0.1) is 10.1 Å². The van der Waals surface area contributed by atoms with Crippen molar-refractivity contribution in [2.45, 2.75) is 38.3 Å². The summed E-state index contributed by atoms with van der Waals surface area (Å²) < 4.78 is 2.50. The molecule has 2 aliphatic rings. The molecule has 2 fully saturated rings. The summed E-state index contributed by atoms with van der Waals surface area (Å²) in [6.07, 6.45) is 5.12. The Kier molecular flexibility index (Phi) is 5.12. The molecule has 0 atom stereocenters. The highest BCUT2D eigenvalue weighted by Gasteiger charge is 2.25. The molecular formula is C23H27N5O2. The summed E-state index contributed by atoms with van der Waals surface area (Å²) in [6, 6.07) is 16.0. The van der Waals surface area contributed by atoms with Gasteiger partial charge >= 0.3 is 0 Å². The molecule has 1 aromatic heterocycles. The van der Waals surface area contributed by atoms with Gasteiger partial charge in [0.15, 0.2) is 0 Å².